The van der Waals surface area contributed by atoms with Gasteiger partial charge < -0.3 is 5.11 Å². The highest BCUT2D eigenvalue weighted by Gasteiger charge is 2.13. The molecule has 0 aliphatic heterocycles. The Morgan fingerprint density at radius 1 is 0.941 bits per heavy atom. The Bertz CT molecular complexity index is 623. The summed E-state index contributed by atoms with van der Waals surface area (Å²) in [5, 5.41) is 16.7. The first kappa shape index (κ1) is 10.5. The fourth-order valence-electron chi connectivity index (χ4n) is 2.10. The fourth-order valence-corrected chi connectivity index (χ4v) is 2.78. The molecule has 3 aromatic rings. The zero-order valence-electron chi connectivity index (χ0n) is 9.21. The second-order valence-electron chi connectivity index (χ2n) is 4.03. The van der Waals surface area contributed by atoms with Crippen molar-refractivity contribution in [3.63, 3.8) is 0 Å². The van der Waals surface area contributed by atoms with E-state index < -0.39 is 6.10 Å². The van der Waals surface area contributed by atoms with Gasteiger partial charge in [0.15, 0.2) is 0 Å². The third kappa shape index (κ3) is 1.86. The summed E-state index contributed by atoms with van der Waals surface area (Å²) in [5.74, 6) is 0. The van der Waals surface area contributed by atoms with Crippen molar-refractivity contribution >= 4 is 22.1 Å². The number of aliphatic hydroxyl groups excluding tert-OH is 1. The van der Waals surface area contributed by atoms with E-state index in [1.165, 1.54) is 5.39 Å². The SMILES string of the molecule is OC(c1ccsc1)c1cccc2ccccc12. The largest absolute Gasteiger partial charge is 0.384 e. The molecule has 0 saturated heterocycles. The molecular weight excluding hydrogens is 228 g/mol. The van der Waals surface area contributed by atoms with E-state index in [-0.39, 0.29) is 0 Å². The first-order chi connectivity index (χ1) is 8.36. The van der Waals surface area contributed by atoms with Crippen molar-refractivity contribution in [1.29, 1.82) is 0 Å². The summed E-state index contributed by atoms with van der Waals surface area (Å²) in [4.78, 5) is 0. The molecule has 1 nitrogen and oxygen atoms in total. The van der Waals surface area contributed by atoms with E-state index in [9.17, 15) is 5.11 Å². The number of hydrogen-bond acceptors (Lipinski definition) is 2. The molecule has 2 heteroatoms. The number of thiophene rings is 1. The van der Waals surface area contributed by atoms with Gasteiger partial charge in [0.1, 0.15) is 6.10 Å². The van der Waals surface area contributed by atoms with Gasteiger partial charge in [-0.3, -0.25) is 0 Å². The van der Waals surface area contributed by atoms with Crippen molar-refractivity contribution in [2.75, 3.05) is 0 Å². The van der Waals surface area contributed by atoms with Gasteiger partial charge in [0.25, 0.3) is 0 Å². The van der Waals surface area contributed by atoms with E-state index in [4.69, 9.17) is 0 Å². The van der Waals surface area contributed by atoms with Crippen LogP contribution in [-0.4, -0.2) is 5.11 Å². The first-order valence-electron chi connectivity index (χ1n) is 5.54. The van der Waals surface area contributed by atoms with Crippen LogP contribution in [-0.2, 0) is 0 Å². The van der Waals surface area contributed by atoms with Crippen molar-refractivity contribution < 1.29 is 5.11 Å². The lowest BCUT2D eigenvalue weighted by molar-refractivity contribution is 0.222. The number of rotatable bonds is 2. The molecular formula is C15H12OS. The van der Waals surface area contributed by atoms with Crippen molar-refractivity contribution in [2.45, 2.75) is 6.10 Å². The lowest BCUT2D eigenvalue weighted by Crippen LogP contribution is -1.98. The molecule has 0 amide bonds. The minimum Gasteiger partial charge on any atom is -0.384 e. The molecule has 2 aromatic carbocycles. The van der Waals surface area contributed by atoms with Crippen LogP contribution in [0.2, 0.25) is 0 Å². The maximum Gasteiger partial charge on any atom is 0.105 e. The topological polar surface area (TPSA) is 20.2 Å². The smallest absolute Gasteiger partial charge is 0.105 e. The summed E-state index contributed by atoms with van der Waals surface area (Å²) in [5.41, 5.74) is 1.94. The van der Waals surface area contributed by atoms with Gasteiger partial charge in [-0.25, -0.2) is 0 Å². The highest BCUT2D eigenvalue weighted by molar-refractivity contribution is 7.08. The second-order valence-corrected chi connectivity index (χ2v) is 4.81. The first-order valence-corrected chi connectivity index (χ1v) is 6.48. The van der Waals surface area contributed by atoms with E-state index in [2.05, 4.69) is 18.2 Å². The predicted octanol–water partition coefficient (Wildman–Crippen LogP) is 3.98. The third-order valence-electron chi connectivity index (χ3n) is 2.98. The van der Waals surface area contributed by atoms with Crippen LogP contribution in [0.15, 0.2) is 59.3 Å². The molecule has 1 atom stereocenters. The normalized spacial score (nSPS) is 12.8. The van der Waals surface area contributed by atoms with Crippen LogP contribution in [0.25, 0.3) is 10.8 Å². The molecule has 17 heavy (non-hydrogen) atoms. The highest BCUT2D eigenvalue weighted by atomic mass is 32.1. The molecule has 3 rings (SSSR count). The summed E-state index contributed by atoms with van der Waals surface area (Å²) >= 11 is 1.61. The van der Waals surface area contributed by atoms with Crippen LogP contribution in [0.3, 0.4) is 0 Å². The van der Waals surface area contributed by atoms with Gasteiger partial charge >= 0.3 is 0 Å². The Kier molecular flexibility index (Phi) is 2.67. The average Bonchev–Trinajstić information content (AvgIpc) is 2.91. The molecule has 1 N–H and O–H groups in total. The quantitative estimate of drug-likeness (QED) is 0.718. The van der Waals surface area contributed by atoms with Gasteiger partial charge in [0, 0.05) is 0 Å². The monoisotopic (exact) mass is 240 g/mol. The maximum absolute atomic E-state index is 10.4. The Morgan fingerprint density at radius 2 is 1.76 bits per heavy atom. The number of aliphatic hydroxyl groups is 1. The van der Waals surface area contributed by atoms with E-state index in [1.807, 2.05) is 41.1 Å². The minimum atomic E-state index is -0.535. The van der Waals surface area contributed by atoms with Gasteiger partial charge in [-0.05, 0) is 38.7 Å². The van der Waals surface area contributed by atoms with Crippen LogP contribution in [0.1, 0.15) is 17.2 Å². The van der Waals surface area contributed by atoms with E-state index in [0.29, 0.717) is 0 Å². The Balaban J connectivity index is 2.17. The molecule has 84 valence electrons. The van der Waals surface area contributed by atoms with Gasteiger partial charge in [-0.2, -0.15) is 11.3 Å². The van der Waals surface area contributed by atoms with E-state index in [1.54, 1.807) is 11.3 Å². The standard InChI is InChI=1S/C15H12OS/c16-15(12-8-9-17-10-12)14-7-3-5-11-4-1-2-6-13(11)14/h1-10,15-16H. The highest BCUT2D eigenvalue weighted by Crippen LogP contribution is 2.29. The number of benzene rings is 2. The molecule has 0 aliphatic carbocycles. The van der Waals surface area contributed by atoms with E-state index >= 15 is 0 Å². The Morgan fingerprint density at radius 3 is 2.59 bits per heavy atom. The second kappa shape index (κ2) is 4.32. The average molecular weight is 240 g/mol. The van der Waals surface area contributed by atoms with Crippen LogP contribution in [0.4, 0.5) is 0 Å². The maximum atomic E-state index is 10.4. The summed E-state index contributed by atoms with van der Waals surface area (Å²) in [7, 11) is 0. The Labute approximate surface area is 104 Å². The van der Waals surface area contributed by atoms with Crippen LogP contribution in [0.5, 0.6) is 0 Å². The lowest BCUT2D eigenvalue weighted by Gasteiger charge is -2.12. The third-order valence-corrected chi connectivity index (χ3v) is 3.68. The molecule has 0 radical (unpaired) electrons. The fraction of sp³-hybridized carbons (Fsp3) is 0.0667. The molecule has 0 bridgehead atoms. The molecule has 1 aromatic heterocycles. The van der Waals surface area contributed by atoms with Crippen LogP contribution >= 0.6 is 11.3 Å². The van der Waals surface area contributed by atoms with Crippen molar-refractivity contribution in [3.05, 3.63) is 70.4 Å². The number of hydrogen-bond donors (Lipinski definition) is 1. The molecule has 0 aliphatic rings. The summed E-state index contributed by atoms with van der Waals surface area (Å²) in [6.07, 6.45) is -0.535. The molecule has 0 saturated carbocycles. The molecule has 0 fully saturated rings. The van der Waals surface area contributed by atoms with Crippen LogP contribution < -0.4 is 0 Å². The van der Waals surface area contributed by atoms with Crippen LogP contribution in [0, 0.1) is 0 Å². The summed E-state index contributed by atoms with van der Waals surface area (Å²) in [6, 6.07) is 16.2. The van der Waals surface area contributed by atoms with Crippen molar-refractivity contribution in [3.8, 4) is 0 Å². The molecule has 0 spiro atoms. The van der Waals surface area contributed by atoms with Gasteiger partial charge in [-0.1, -0.05) is 42.5 Å². The van der Waals surface area contributed by atoms with Crippen molar-refractivity contribution in [2.24, 2.45) is 0 Å². The van der Waals surface area contributed by atoms with Crippen molar-refractivity contribution in [1.82, 2.24) is 0 Å². The number of fused-ring (bicyclic) bond motifs is 1. The zero-order valence-corrected chi connectivity index (χ0v) is 10.0. The van der Waals surface area contributed by atoms with E-state index in [0.717, 1.165) is 16.5 Å². The predicted molar refractivity (Wildman–Crippen MR) is 72.3 cm³/mol. The molecule has 1 unspecified atom stereocenters. The summed E-state index contributed by atoms with van der Waals surface area (Å²) in [6.45, 7) is 0. The zero-order chi connectivity index (χ0) is 11.7. The Hall–Kier alpha value is -1.64. The lowest BCUT2D eigenvalue weighted by atomic mass is 9.97. The molecule has 1 heterocycles. The summed E-state index contributed by atoms with van der Waals surface area (Å²) < 4.78 is 0. The minimum absolute atomic E-state index is 0.535. The van der Waals surface area contributed by atoms with Gasteiger partial charge in [0.05, 0.1) is 0 Å². The van der Waals surface area contributed by atoms with Gasteiger partial charge in [0.2, 0.25) is 0 Å². The van der Waals surface area contributed by atoms with Gasteiger partial charge in [-0.15, -0.1) is 0 Å².